The lowest BCUT2D eigenvalue weighted by atomic mass is 10.0. The van der Waals surface area contributed by atoms with Crippen LogP contribution in [-0.2, 0) is 0 Å². The molecule has 0 aliphatic rings. The van der Waals surface area contributed by atoms with Crippen LogP contribution in [-0.4, -0.2) is 16.4 Å². The van der Waals surface area contributed by atoms with E-state index in [-0.39, 0.29) is 7.47 Å². The van der Waals surface area contributed by atoms with Crippen LogP contribution in [0.5, 0.6) is 0 Å². The molecule has 3 N–H and O–H groups in total. The number of hydrogen-bond acceptors (Lipinski definition) is 3. The zero-order chi connectivity index (χ0) is 8.97. The van der Waals surface area contributed by atoms with Crippen LogP contribution in [0.15, 0.2) is 30.3 Å². The van der Waals surface area contributed by atoms with Crippen molar-refractivity contribution in [1.29, 1.82) is 0 Å². The first-order valence-electron chi connectivity index (χ1n) is 3.88. The summed E-state index contributed by atoms with van der Waals surface area (Å²) in [6.07, 6.45) is -0.670. The van der Waals surface area contributed by atoms with Gasteiger partial charge in [-0.3, -0.25) is 0 Å². The van der Waals surface area contributed by atoms with Gasteiger partial charge < -0.3 is 10.3 Å². The molecule has 0 radical (unpaired) electrons. The molecule has 12 heavy (non-hydrogen) atoms. The molecule has 0 fully saturated rings. The van der Waals surface area contributed by atoms with Crippen LogP contribution >= 0.6 is 0 Å². The summed E-state index contributed by atoms with van der Waals surface area (Å²) in [5.74, 6) is 0. The molecule has 0 amide bonds. The van der Waals surface area contributed by atoms with E-state index in [2.05, 4.69) is 0 Å². The van der Waals surface area contributed by atoms with E-state index < -0.39 is 6.10 Å². The summed E-state index contributed by atoms with van der Waals surface area (Å²) in [5, 5.41) is 18.1. The Morgan fingerprint density at radius 2 is 1.92 bits per heavy atom. The van der Waals surface area contributed by atoms with Crippen molar-refractivity contribution in [3.8, 4) is 0 Å². The Morgan fingerprint density at radius 1 is 1.33 bits per heavy atom. The summed E-state index contributed by atoms with van der Waals surface area (Å²) in [4.78, 5) is 0. The van der Waals surface area contributed by atoms with Crippen LogP contribution in [0, 0.1) is 0 Å². The van der Waals surface area contributed by atoms with Crippen molar-refractivity contribution in [2.45, 2.75) is 19.1 Å². The highest BCUT2D eigenvalue weighted by molar-refractivity contribution is 5.18. The minimum absolute atomic E-state index is 0. The first-order valence-corrected chi connectivity index (χ1v) is 3.88. The van der Waals surface area contributed by atoms with Gasteiger partial charge in [0, 0.05) is 1.43 Å². The summed E-state index contributed by atoms with van der Waals surface area (Å²) in [6.45, 7) is 1.71. The normalized spacial score (nSPS) is 15.6. The van der Waals surface area contributed by atoms with Crippen LogP contribution in [0.25, 0.3) is 0 Å². The zero-order valence-electron chi connectivity index (χ0n) is 6.94. The minimum Gasteiger partial charge on any atom is -0.387 e. The highest BCUT2D eigenvalue weighted by Crippen LogP contribution is 2.15. The zero-order valence-corrected chi connectivity index (χ0v) is 6.94. The fourth-order valence-electron chi connectivity index (χ4n) is 1.01. The molecular formula is C9H15NO2. The third-order valence-electron chi connectivity index (χ3n) is 1.82. The Hall–Kier alpha value is -0.900. The van der Waals surface area contributed by atoms with E-state index >= 15 is 0 Å². The van der Waals surface area contributed by atoms with Crippen molar-refractivity contribution >= 4 is 0 Å². The van der Waals surface area contributed by atoms with Crippen LogP contribution in [0.2, 0.25) is 0 Å². The second-order valence-corrected chi connectivity index (χ2v) is 2.77. The number of rotatable bonds is 3. The van der Waals surface area contributed by atoms with Crippen LogP contribution < -0.4 is 5.48 Å². The van der Waals surface area contributed by atoms with Gasteiger partial charge in [-0.2, -0.15) is 5.48 Å². The van der Waals surface area contributed by atoms with Gasteiger partial charge in [0.15, 0.2) is 0 Å². The van der Waals surface area contributed by atoms with Gasteiger partial charge in [-0.05, 0) is 12.5 Å². The highest BCUT2D eigenvalue weighted by atomic mass is 16.5. The molecule has 3 nitrogen and oxygen atoms in total. The number of aliphatic hydroxyl groups is 1. The van der Waals surface area contributed by atoms with Crippen LogP contribution in [0.4, 0.5) is 0 Å². The van der Waals surface area contributed by atoms with Gasteiger partial charge in [0.25, 0.3) is 0 Å². The molecule has 0 bridgehead atoms. The molecule has 0 aliphatic carbocycles. The summed E-state index contributed by atoms with van der Waals surface area (Å²) in [7, 11) is 0. The predicted octanol–water partition coefficient (Wildman–Crippen LogP) is 1.33. The Morgan fingerprint density at radius 3 is 2.42 bits per heavy atom. The second-order valence-electron chi connectivity index (χ2n) is 2.77. The molecule has 0 heterocycles. The summed E-state index contributed by atoms with van der Waals surface area (Å²) in [5.41, 5.74) is 2.81. The molecule has 0 unspecified atom stereocenters. The average Bonchev–Trinajstić information content (AvgIpc) is 2.17. The molecule has 1 aromatic carbocycles. The molecule has 68 valence electrons. The van der Waals surface area contributed by atoms with Crippen molar-refractivity contribution in [2.24, 2.45) is 0 Å². The standard InChI is InChI=1S/C9H13NO2.H2/c1-7(10-12)9(11)8-5-3-2-4-6-8;/h2-7,9-12H,1H3;1H/t7-,9-;/m1./s1. The van der Waals surface area contributed by atoms with Crippen molar-refractivity contribution in [3.63, 3.8) is 0 Å². The SMILES string of the molecule is C[C@@H](NO)[C@@H](O)c1ccccc1.[HH]. The van der Waals surface area contributed by atoms with Gasteiger partial charge in [0.2, 0.25) is 0 Å². The van der Waals surface area contributed by atoms with E-state index in [1.807, 2.05) is 35.8 Å². The van der Waals surface area contributed by atoms with Crippen molar-refractivity contribution in [3.05, 3.63) is 35.9 Å². The van der Waals surface area contributed by atoms with E-state index in [1.54, 1.807) is 6.92 Å². The smallest absolute Gasteiger partial charge is 0.0963 e. The topological polar surface area (TPSA) is 52.5 Å². The molecule has 0 saturated heterocycles. The minimum atomic E-state index is -0.670. The second kappa shape index (κ2) is 4.21. The van der Waals surface area contributed by atoms with Gasteiger partial charge in [0.1, 0.15) is 0 Å². The van der Waals surface area contributed by atoms with E-state index in [0.29, 0.717) is 0 Å². The fourth-order valence-corrected chi connectivity index (χ4v) is 1.01. The highest BCUT2D eigenvalue weighted by Gasteiger charge is 2.13. The van der Waals surface area contributed by atoms with Gasteiger partial charge in [-0.15, -0.1) is 0 Å². The first-order chi connectivity index (χ1) is 5.75. The maximum absolute atomic E-state index is 9.57. The maximum atomic E-state index is 9.57. The Balaban J connectivity index is 0.00000144. The third-order valence-corrected chi connectivity index (χ3v) is 1.82. The molecule has 0 saturated carbocycles. The fraction of sp³-hybridized carbons (Fsp3) is 0.333. The first kappa shape index (κ1) is 9.19. The molecule has 2 atom stereocenters. The van der Waals surface area contributed by atoms with E-state index in [1.165, 1.54) is 0 Å². The Labute approximate surface area is 73.1 Å². The lowest BCUT2D eigenvalue weighted by Crippen LogP contribution is -2.29. The Bertz CT molecular complexity index is 230. The number of nitrogens with one attached hydrogen (secondary N) is 1. The molecule has 1 aromatic rings. The van der Waals surface area contributed by atoms with E-state index in [0.717, 1.165) is 5.56 Å². The molecule has 3 heteroatoms. The quantitative estimate of drug-likeness (QED) is 0.598. The number of aliphatic hydroxyl groups excluding tert-OH is 1. The van der Waals surface area contributed by atoms with Gasteiger partial charge in [-0.1, -0.05) is 30.3 Å². The van der Waals surface area contributed by atoms with Gasteiger partial charge >= 0.3 is 0 Å². The third kappa shape index (κ3) is 2.04. The van der Waals surface area contributed by atoms with Crippen molar-refractivity contribution in [1.82, 2.24) is 5.48 Å². The van der Waals surface area contributed by atoms with Gasteiger partial charge in [0.05, 0.1) is 12.1 Å². The average molecular weight is 169 g/mol. The summed E-state index contributed by atoms with van der Waals surface area (Å²) in [6, 6.07) is 8.86. The van der Waals surface area contributed by atoms with Gasteiger partial charge in [-0.25, -0.2) is 0 Å². The van der Waals surface area contributed by atoms with E-state index in [9.17, 15) is 5.11 Å². The van der Waals surface area contributed by atoms with Crippen LogP contribution in [0.3, 0.4) is 0 Å². The number of benzene rings is 1. The van der Waals surface area contributed by atoms with E-state index in [4.69, 9.17) is 5.21 Å². The van der Waals surface area contributed by atoms with Crippen LogP contribution in [0.1, 0.15) is 20.0 Å². The lowest BCUT2D eigenvalue weighted by molar-refractivity contribution is 0.0472. The largest absolute Gasteiger partial charge is 0.387 e. The van der Waals surface area contributed by atoms with Crippen molar-refractivity contribution in [2.75, 3.05) is 0 Å². The summed E-state index contributed by atoms with van der Waals surface area (Å²) >= 11 is 0. The summed E-state index contributed by atoms with van der Waals surface area (Å²) < 4.78 is 0. The maximum Gasteiger partial charge on any atom is 0.0963 e. The molecule has 0 aromatic heterocycles. The molecule has 0 aliphatic heterocycles. The predicted molar refractivity (Wildman–Crippen MR) is 47.9 cm³/mol. The molecule has 1 rings (SSSR count). The monoisotopic (exact) mass is 169 g/mol. The molecule has 0 spiro atoms. The van der Waals surface area contributed by atoms with Crippen molar-refractivity contribution < 1.29 is 11.7 Å². The lowest BCUT2D eigenvalue weighted by Gasteiger charge is -2.16. The number of hydrogen-bond donors (Lipinski definition) is 3. The molecular weight excluding hydrogens is 154 g/mol. The number of hydroxylamine groups is 1. The Kier molecular flexibility index (Phi) is 3.22.